The molecule has 0 fully saturated rings. The van der Waals surface area contributed by atoms with Crippen molar-refractivity contribution in [2.75, 3.05) is 0 Å². The lowest BCUT2D eigenvalue weighted by molar-refractivity contribution is 0.101. The van der Waals surface area contributed by atoms with Gasteiger partial charge >= 0.3 is 0 Å². The SMILES string of the molecule is CCCC(CC)(Pc1ccc(C)cc1C(C)=O)c1cc(C)ccc1OCc1ccccc1. The lowest BCUT2D eigenvalue weighted by atomic mass is 9.89. The summed E-state index contributed by atoms with van der Waals surface area (Å²) < 4.78 is 6.40. The van der Waals surface area contributed by atoms with Crippen molar-refractivity contribution in [1.82, 2.24) is 0 Å². The van der Waals surface area contributed by atoms with Gasteiger partial charge in [-0.2, -0.15) is 0 Å². The topological polar surface area (TPSA) is 26.3 Å². The van der Waals surface area contributed by atoms with E-state index in [9.17, 15) is 4.79 Å². The molecule has 2 atom stereocenters. The van der Waals surface area contributed by atoms with Gasteiger partial charge in [-0.1, -0.05) is 94.6 Å². The number of hydrogen-bond acceptors (Lipinski definition) is 2. The molecule has 3 rings (SSSR count). The molecule has 0 N–H and O–H groups in total. The molecule has 0 aromatic heterocycles. The molecule has 0 heterocycles. The fourth-order valence-corrected chi connectivity index (χ4v) is 6.29. The summed E-state index contributed by atoms with van der Waals surface area (Å²) in [7, 11) is 0.501. The van der Waals surface area contributed by atoms with Crippen molar-refractivity contribution in [2.24, 2.45) is 0 Å². The second-order valence-corrected chi connectivity index (χ2v) is 10.4. The van der Waals surface area contributed by atoms with E-state index in [1.165, 1.54) is 11.1 Å². The quantitative estimate of drug-likeness (QED) is 0.238. The molecule has 0 saturated heterocycles. The van der Waals surface area contributed by atoms with Crippen LogP contribution in [0.15, 0.2) is 66.7 Å². The number of carbonyl (C=O) groups is 1. The standard InChI is InChI=1S/C29H35O2P/c1-6-17-29(7-2,32-28-16-14-21(3)18-25(28)23(5)30)26-19-22(4)13-15-27(26)31-20-24-11-9-8-10-12-24/h8-16,18-19,32H,6-7,17,20H2,1-5H3. The Morgan fingerprint density at radius 3 is 2.28 bits per heavy atom. The fourth-order valence-electron chi connectivity index (χ4n) is 4.34. The van der Waals surface area contributed by atoms with Crippen molar-refractivity contribution in [1.29, 1.82) is 0 Å². The second kappa shape index (κ2) is 10.9. The molecule has 3 aromatic rings. The first-order chi connectivity index (χ1) is 15.4. The third kappa shape index (κ3) is 5.67. The number of ether oxygens (including phenoxy) is 1. The van der Waals surface area contributed by atoms with Gasteiger partial charge in [0, 0.05) is 16.3 Å². The zero-order valence-corrected chi connectivity index (χ0v) is 21.0. The van der Waals surface area contributed by atoms with Crippen LogP contribution in [0, 0.1) is 13.8 Å². The van der Waals surface area contributed by atoms with E-state index in [4.69, 9.17) is 4.74 Å². The van der Waals surface area contributed by atoms with Crippen LogP contribution in [0.5, 0.6) is 5.75 Å². The van der Waals surface area contributed by atoms with E-state index in [1.54, 1.807) is 6.92 Å². The first-order valence-electron chi connectivity index (χ1n) is 11.6. The molecule has 0 aliphatic carbocycles. The molecule has 0 aliphatic heterocycles. The molecule has 32 heavy (non-hydrogen) atoms. The maximum Gasteiger partial charge on any atom is 0.160 e. The molecule has 168 valence electrons. The Morgan fingerprint density at radius 1 is 0.938 bits per heavy atom. The monoisotopic (exact) mass is 446 g/mol. The normalized spacial score (nSPS) is 13.3. The van der Waals surface area contributed by atoms with Crippen molar-refractivity contribution >= 4 is 19.7 Å². The Hall–Kier alpha value is -2.44. The second-order valence-electron chi connectivity index (χ2n) is 8.69. The Bertz CT molecular complexity index is 1060. The van der Waals surface area contributed by atoms with E-state index in [-0.39, 0.29) is 10.9 Å². The van der Waals surface area contributed by atoms with Crippen molar-refractivity contribution in [3.05, 3.63) is 94.5 Å². The van der Waals surface area contributed by atoms with Crippen LogP contribution in [-0.4, -0.2) is 5.78 Å². The van der Waals surface area contributed by atoms with Gasteiger partial charge in [-0.25, -0.2) is 0 Å². The van der Waals surface area contributed by atoms with Gasteiger partial charge in [0.1, 0.15) is 12.4 Å². The molecule has 0 spiro atoms. The van der Waals surface area contributed by atoms with Gasteiger partial charge in [0.15, 0.2) is 5.78 Å². The minimum Gasteiger partial charge on any atom is -0.489 e. The highest BCUT2D eigenvalue weighted by molar-refractivity contribution is 7.48. The molecule has 0 saturated carbocycles. The molecule has 0 aliphatic rings. The number of rotatable bonds is 10. The Balaban J connectivity index is 2.05. The van der Waals surface area contributed by atoms with Crippen LogP contribution < -0.4 is 10.0 Å². The van der Waals surface area contributed by atoms with E-state index in [2.05, 4.69) is 70.2 Å². The Morgan fingerprint density at radius 2 is 1.62 bits per heavy atom. The lowest BCUT2D eigenvalue weighted by Gasteiger charge is -2.36. The minimum atomic E-state index is -0.0632. The van der Waals surface area contributed by atoms with E-state index in [1.807, 2.05) is 24.3 Å². The molecular weight excluding hydrogens is 411 g/mol. The predicted octanol–water partition coefficient (Wildman–Crippen LogP) is 7.49. The molecule has 0 radical (unpaired) electrons. The Kier molecular flexibility index (Phi) is 8.26. The van der Waals surface area contributed by atoms with Gasteiger partial charge in [-0.3, -0.25) is 4.79 Å². The summed E-state index contributed by atoms with van der Waals surface area (Å²) in [6.45, 7) is 10.9. The third-order valence-electron chi connectivity index (χ3n) is 6.10. The highest BCUT2D eigenvalue weighted by Crippen LogP contribution is 2.51. The van der Waals surface area contributed by atoms with E-state index in [0.29, 0.717) is 15.2 Å². The predicted molar refractivity (Wildman–Crippen MR) is 138 cm³/mol. The highest BCUT2D eigenvalue weighted by Gasteiger charge is 2.34. The van der Waals surface area contributed by atoms with E-state index >= 15 is 0 Å². The maximum atomic E-state index is 12.4. The van der Waals surface area contributed by atoms with Crippen molar-refractivity contribution < 1.29 is 9.53 Å². The van der Waals surface area contributed by atoms with E-state index in [0.717, 1.165) is 47.0 Å². The number of carbonyl (C=O) groups excluding carboxylic acids is 1. The summed E-state index contributed by atoms with van der Waals surface area (Å²) in [6.07, 6.45) is 3.13. The van der Waals surface area contributed by atoms with Crippen LogP contribution in [0.2, 0.25) is 0 Å². The summed E-state index contributed by atoms with van der Waals surface area (Å²) in [4.78, 5) is 12.4. The van der Waals surface area contributed by atoms with Crippen LogP contribution >= 0.6 is 8.58 Å². The van der Waals surface area contributed by atoms with Gasteiger partial charge in [0.2, 0.25) is 0 Å². The molecule has 0 bridgehead atoms. The summed E-state index contributed by atoms with van der Waals surface area (Å²) in [5.41, 5.74) is 5.66. The molecule has 2 nitrogen and oxygen atoms in total. The molecule has 3 heteroatoms. The van der Waals surface area contributed by atoms with E-state index < -0.39 is 0 Å². The Labute approximate surface area is 195 Å². The van der Waals surface area contributed by atoms with Gasteiger partial charge in [0.25, 0.3) is 0 Å². The number of benzene rings is 3. The lowest BCUT2D eigenvalue weighted by Crippen LogP contribution is -2.25. The summed E-state index contributed by atoms with van der Waals surface area (Å²) in [6, 6.07) is 23.2. The summed E-state index contributed by atoms with van der Waals surface area (Å²) in [5.74, 6) is 1.10. The van der Waals surface area contributed by atoms with Crippen molar-refractivity contribution in [2.45, 2.75) is 65.6 Å². The minimum absolute atomic E-state index is 0.0632. The summed E-state index contributed by atoms with van der Waals surface area (Å²) in [5, 5.41) is 1.10. The van der Waals surface area contributed by atoms with Crippen molar-refractivity contribution in [3.8, 4) is 5.75 Å². The fraction of sp³-hybridized carbons (Fsp3) is 0.345. The number of hydrogen-bond donors (Lipinski definition) is 0. The molecule has 2 unspecified atom stereocenters. The molecular formula is C29H35O2P. The van der Waals surface area contributed by atoms with Crippen LogP contribution in [0.1, 0.15) is 72.6 Å². The maximum absolute atomic E-state index is 12.4. The highest BCUT2D eigenvalue weighted by atomic mass is 31.1. The first kappa shape index (κ1) is 24.2. The number of ketones is 1. The van der Waals surface area contributed by atoms with Gasteiger partial charge in [-0.05, 0) is 56.6 Å². The smallest absolute Gasteiger partial charge is 0.160 e. The summed E-state index contributed by atoms with van der Waals surface area (Å²) >= 11 is 0. The third-order valence-corrected chi connectivity index (χ3v) is 8.15. The number of Topliss-reactive ketones (excluding diaryl/α,β-unsaturated/α-hetero) is 1. The molecule has 0 amide bonds. The zero-order valence-electron chi connectivity index (χ0n) is 20.0. The van der Waals surface area contributed by atoms with Crippen LogP contribution in [0.4, 0.5) is 0 Å². The first-order valence-corrected chi connectivity index (χ1v) is 12.6. The molecule has 3 aromatic carbocycles. The average molecular weight is 447 g/mol. The van der Waals surface area contributed by atoms with Crippen LogP contribution in [0.25, 0.3) is 0 Å². The van der Waals surface area contributed by atoms with Crippen LogP contribution in [-0.2, 0) is 11.8 Å². The van der Waals surface area contributed by atoms with Gasteiger partial charge < -0.3 is 4.74 Å². The van der Waals surface area contributed by atoms with Gasteiger partial charge in [-0.15, -0.1) is 0 Å². The van der Waals surface area contributed by atoms with Crippen LogP contribution in [0.3, 0.4) is 0 Å². The average Bonchev–Trinajstić information content (AvgIpc) is 2.79. The zero-order chi connectivity index (χ0) is 23.1. The largest absolute Gasteiger partial charge is 0.489 e. The van der Waals surface area contributed by atoms with Gasteiger partial charge in [0.05, 0.1) is 0 Å². The number of aryl methyl sites for hydroxylation is 2. The van der Waals surface area contributed by atoms with Crippen molar-refractivity contribution in [3.63, 3.8) is 0 Å².